The first-order chi connectivity index (χ1) is 22.7. The molecule has 0 bridgehead atoms. The molecule has 0 saturated carbocycles. The molecule has 47 heavy (non-hydrogen) atoms. The lowest BCUT2D eigenvalue weighted by molar-refractivity contribution is -0.121. The molecule has 4 atom stereocenters. The Morgan fingerprint density at radius 3 is 2.91 bits per heavy atom. The molecule has 4 fully saturated rings. The number of alkyl halides is 1. The second kappa shape index (κ2) is 11.4. The van der Waals surface area contributed by atoms with Crippen LogP contribution in [-0.2, 0) is 4.79 Å². The Hall–Kier alpha value is -3.90. The van der Waals surface area contributed by atoms with Crippen molar-refractivity contribution in [3.8, 4) is 23.2 Å². The maximum absolute atomic E-state index is 16.9. The topological polar surface area (TPSA) is 142 Å². The molecule has 10 nitrogen and oxygen atoms in total. The van der Waals surface area contributed by atoms with Crippen molar-refractivity contribution in [3.63, 3.8) is 0 Å². The minimum Gasteiger partial charge on any atom is -0.461 e. The molecular weight excluding hydrogens is 653 g/mol. The number of benzene rings is 2. The molecular formula is C32H30ClF3N8O2S. The average Bonchev–Trinajstić information content (AvgIpc) is 3.35. The maximum Gasteiger partial charge on any atom is 0.319 e. The predicted molar refractivity (Wildman–Crippen MR) is 174 cm³/mol. The summed E-state index contributed by atoms with van der Waals surface area (Å²) < 4.78 is 52.6. The quantitative estimate of drug-likeness (QED) is 0.240. The van der Waals surface area contributed by atoms with Gasteiger partial charge in [0.2, 0.25) is 5.91 Å². The third-order valence-electron chi connectivity index (χ3n) is 9.83. The molecule has 244 valence electrons. The Balaban J connectivity index is 1.24. The number of halogens is 4. The number of nitrogens with one attached hydrogen (secondary N) is 2. The lowest BCUT2D eigenvalue weighted by Crippen LogP contribution is -2.43. The van der Waals surface area contributed by atoms with Crippen LogP contribution in [0.3, 0.4) is 0 Å². The number of nitrogens with two attached hydrogens (primary N) is 1. The standard InChI is InChI=1S/C32H30ClF3N8O2S/c33-20-8-18-26(25(36)24(20)17-2-3-21(35)27-23(17)19(10-37)28(38)47-27)41-31(46-14-32-5-1-6-44(32)12-15(34)9-32)42-29(18)43-7-4-16(13-43)40-30(45)22-11-39-22/h2-3,8,15-16,22,39H,1,4-7,9,11-14,38H2,(H,40,45)/t15-,16-,22-,32+/m1/s1. The van der Waals surface area contributed by atoms with Gasteiger partial charge in [0.25, 0.3) is 0 Å². The number of anilines is 2. The fraction of sp³-hybridized carbons (Fsp3) is 0.438. The van der Waals surface area contributed by atoms with Crippen molar-refractivity contribution in [2.24, 2.45) is 0 Å². The summed E-state index contributed by atoms with van der Waals surface area (Å²) in [6.45, 7) is 2.87. The highest BCUT2D eigenvalue weighted by Crippen LogP contribution is 2.46. The van der Waals surface area contributed by atoms with Gasteiger partial charge in [-0.2, -0.15) is 15.2 Å². The third kappa shape index (κ3) is 5.11. The molecule has 0 unspecified atom stereocenters. The van der Waals surface area contributed by atoms with Crippen LogP contribution in [0.5, 0.6) is 6.01 Å². The van der Waals surface area contributed by atoms with E-state index < -0.39 is 23.3 Å². The van der Waals surface area contributed by atoms with E-state index in [9.17, 15) is 18.8 Å². The highest BCUT2D eigenvalue weighted by molar-refractivity contribution is 7.23. The number of carbonyl (C=O) groups is 1. The van der Waals surface area contributed by atoms with Crippen LogP contribution in [0.25, 0.3) is 32.1 Å². The Kier molecular flexibility index (Phi) is 7.36. The molecule has 2 aromatic heterocycles. The van der Waals surface area contributed by atoms with E-state index in [4.69, 9.17) is 27.1 Å². The summed E-state index contributed by atoms with van der Waals surface area (Å²) in [7, 11) is 0. The van der Waals surface area contributed by atoms with E-state index in [1.165, 1.54) is 12.1 Å². The highest BCUT2D eigenvalue weighted by Gasteiger charge is 2.49. The molecule has 15 heteroatoms. The van der Waals surface area contributed by atoms with Gasteiger partial charge in [-0.15, -0.1) is 11.3 Å². The lowest BCUT2D eigenvalue weighted by Gasteiger charge is -2.31. The van der Waals surface area contributed by atoms with Gasteiger partial charge in [-0.05, 0) is 43.5 Å². The van der Waals surface area contributed by atoms with Crippen LogP contribution < -0.4 is 26.0 Å². The minimum absolute atomic E-state index is 0.0133. The van der Waals surface area contributed by atoms with E-state index in [1.54, 1.807) is 6.07 Å². The van der Waals surface area contributed by atoms with Gasteiger partial charge >= 0.3 is 6.01 Å². The second-order valence-corrected chi connectivity index (χ2v) is 14.2. The number of fused-ring (bicyclic) bond motifs is 3. The largest absolute Gasteiger partial charge is 0.461 e. The van der Waals surface area contributed by atoms with Crippen molar-refractivity contribution in [2.45, 2.75) is 49.5 Å². The number of nitriles is 1. The Morgan fingerprint density at radius 1 is 1.30 bits per heavy atom. The Bertz CT molecular complexity index is 2000. The predicted octanol–water partition coefficient (Wildman–Crippen LogP) is 4.52. The van der Waals surface area contributed by atoms with E-state index >= 15 is 4.39 Å². The van der Waals surface area contributed by atoms with E-state index in [-0.39, 0.29) is 72.9 Å². The van der Waals surface area contributed by atoms with Gasteiger partial charge in [-0.1, -0.05) is 17.7 Å². The first-order valence-electron chi connectivity index (χ1n) is 15.6. The highest BCUT2D eigenvalue weighted by atomic mass is 35.5. The van der Waals surface area contributed by atoms with E-state index in [1.807, 2.05) is 11.0 Å². The second-order valence-electron chi connectivity index (χ2n) is 12.8. The number of amides is 1. The van der Waals surface area contributed by atoms with Crippen molar-refractivity contribution in [3.05, 3.63) is 40.4 Å². The monoisotopic (exact) mass is 682 g/mol. The van der Waals surface area contributed by atoms with Crippen LogP contribution in [0.15, 0.2) is 18.2 Å². The van der Waals surface area contributed by atoms with Gasteiger partial charge in [-0.25, -0.2) is 13.2 Å². The number of thiophene rings is 1. The van der Waals surface area contributed by atoms with Gasteiger partial charge in [0, 0.05) is 55.0 Å². The Labute approximate surface area is 276 Å². The fourth-order valence-electron chi connectivity index (χ4n) is 7.49. The van der Waals surface area contributed by atoms with Crippen molar-refractivity contribution >= 4 is 60.7 Å². The smallest absolute Gasteiger partial charge is 0.319 e. The Morgan fingerprint density at radius 2 is 2.13 bits per heavy atom. The van der Waals surface area contributed by atoms with E-state index in [0.29, 0.717) is 50.2 Å². The van der Waals surface area contributed by atoms with E-state index in [0.717, 1.165) is 30.7 Å². The van der Waals surface area contributed by atoms with Crippen LogP contribution >= 0.6 is 22.9 Å². The zero-order valence-electron chi connectivity index (χ0n) is 25.1. The molecule has 0 spiro atoms. The van der Waals surface area contributed by atoms with Crippen LogP contribution in [0.1, 0.15) is 31.2 Å². The number of hydrogen-bond acceptors (Lipinski definition) is 10. The number of nitrogens with zero attached hydrogens (tertiary/aromatic N) is 5. The SMILES string of the molecule is N#Cc1c(N)sc2c(F)ccc(-c3c(Cl)cc4c(N5CC[C@@H](NC(=O)[C@H]6CN6)C5)nc(OC[C@@]56CCCN5C[C@H](F)C6)nc4c3F)c12. The molecule has 2 aromatic carbocycles. The number of rotatable bonds is 7. The number of ether oxygens (including phenoxy) is 1. The van der Waals surface area contributed by atoms with Crippen LogP contribution in [-0.4, -0.2) is 83.9 Å². The zero-order chi connectivity index (χ0) is 32.6. The van der Waals surface area contributed by atoms with Crippen molar-refractivity contribution in [2.75, 3.05) is 50.0 Å². The number of carbonyl (C=O) groups excluding carboxylic acids is 1. The molecule has 8 rings (SSSR count). The maximum atomic E-state index is 16.9. The summed E-state index contributed by atoms with van der Waals surface area (Å²) in [4.78, 5) is 25.7. The van der Waals surface area contributed by atoms with Crippen molar-refractivity contribution in [1.82, 2.24) is 25.5 Å². The first-order valence-corrected chi connectivity index (χ1v) is 16.8. The number of aromatic nitrogens is 2. The zero-order valence-corrected chi connectivity index (χ0v) is 26.7. The number of hydrogen-bond donors (Lipinski definition) is 3. The molecule has 1 amide bonds. The summed E-state index contributed by atoms with van der Waals surface area (Å²) in [5.41, 5.74) is 5.68. The summed E-state index contributed by atoms with van der Waals surface area (Å²) in [5.74, 6) is -1.06. The van der Waals surface area contributed by atoms with Crippen molar-refractivity contribution in [1.29, 1.82) is 5.26 Å². The first kappa shape index (κ1) is 30.4. The van der Waals surface area contributed by atoms with Crippen LogP contribution in [0.2, 0.25) is 5.02 Å². The van der Waals surface area contributed by atoms with E-state index in [2.05, 4.69) is 20.5 Å². The van der Waals surface area contributed by atoms with Crippen LogP contribution in [0, 0.1) is 23.0 Å². The van der Waals surface area contributed by atoms with Gasteiger partial charge in [0.05, 0.1) is 26.9 Å². The summed E-state index contributed by atoms with van der Waals surface area (Å²) in [6, 6.07) is 5.75. The summed E-state index contributed by atoms with van der Waals surface area (Å²) in [5, 5.41) is 16.5. The normalized spacial score (nSPS) is 25.4. The third-order valence-corrected chi connectivity index (χ3v) is 11.2. The number of nitrogen functional groups attached to an aromatic ring is 1. The molecule has 6 heterocycles. The molecule has 4 N–H and O–H groups in total. The molecule has 4 aliphatic heterocycles. The lowest BCUT2D eigenvalue weighted by atomic mass is 9.95. The molecule has 0 radical (unpaired) electrons. The van der Waals surface area contributed by atoms with Gasteiger partial charge < -0.3 is 26.0 Å². The van der Waals surface area contributed by atoms with Gasteiger partial charge in [0.15, 0.2) is 5.82 Å². The van der Waals surface area contributed by atoms with Gasteiger partial charge in [-0.3, -0.25) is 9.69 Å². The molecule has 0 aliphatic carbocycles. The van der Waals surface area contributed by atoms with Crippen LogP contribution in [0.4, 0.5) is 24.0 Å². The molecule has 4 aliphatic rings. The fourth-order valence-corrected chi connectivity index (χ4v) is 8.73. The van der Waals surface area contributed by atoms with Crippen molar-refractivity contribution < 1.29 is 22.7 Å². The summed E-state index contributed by atoms with van der Waals surface area (Å²) >= 11 is 7.72. The minimum atomic E-state index is -0.950. The molecule has 4 saturated heterocycles. The average molecular weight is 683 g/mol. The molecule has 4 aromatic rings. The van der Waals surface area contributed by atoms with Gasteiger partial charge in [0.1, 0.15) is 41.0 Å². The summed E-state index contributed by atoms with van der Waals surface area (Å²) in [6.07, 6.45) is 1.74.